The Morgan fingerprint density at radius 1 is 1.00 bits per heavy atom. The summed E-state index contributed by atoms with van der Waals surface area (Å²) in [5.41, 5.74) is 1.03. The average Bonchev–Trinajstić information content (AvgIpc) is 2.49. The summed E-state index contributed by atoms with van der Waals surface area (Å²) in [6, 6.07) is 0. The largest absolute Gasteiger partial charge is 0.0496 e. The molecule has 0 amide bonds. The van der Waals surface area contributed by atoms with Crippen molar-refractivity contribution in [1.29, 1.82) is 0 Å². The minimum absolute atomic E-state index is 1.03. The van der Waals surface area contributed by atoms with E-state index in [-0.39, 0.29) is 0 Å². The van der Waals surface area contributed by atoms with Crippen molar-refractivity contribution in [2.45, 2.75) is 25.7 Å². The second-order valence-corrected chi connectivity index (χ2v) is 3.61. The predicted molar refractivity (Wildman–Crippen MR) is 27.9 cm³/mol. The van der Waals surface area contributed by atoms with E-state index in [1.54, 1.807) is 25.7 Å². The summed E-state index contributed by atoms with van der Waals surface area (Å²) in [4.78, 5) is 0. The maximum absolute atomic E-state index is 1.62. The first-order chi connectivity index (χ1) is 3.42. The molecular formula is C7H10. The molecule has 3 fully saturated rings. The van der Waals surface area contributed by atoms with Gasteiger partial charge in [0.1, 0.15) is 0 Å². The fourth-order valence-electron chi connectivity index (χ4n) is 2.73. The van der Waals surface area contributed by atoms with Gasteiger partial charge < -0.3 is 0 Å². The van der Waals surface area contributed by atoms with Gasteiger partial charge in [-0.1, -0.05) is 0 Å². The quantitative estimate of drug-likeness (QED) is 0.429. The van der Waals surface area contributed by atoms with E-state index in [4.69, 9.17) is 0 Å². The van der Waals surface area contributed by atoms with Crippen molar-refractivity contribution in [3.63, 3.8) is 0 Å². The van der Waals surface area contributed by atoms with Crippen LogP contribution in [0.4, 0.5) is 0 Å². The monoisotopic (exact) mass is 94.1 g/mol. The lowest BCUT2D eigenvalue weighted by Crippen LogP contribution is -1.71. The number of rotatable bonds is 0. The molecule has 0 bridgehead atoms. The molecule has 0 nitrogen and oxygen atoms in total. The molecule has 0 aromatic heterocycles. The summed E-state index contributed by atoms with van der Waals surface area (Å²) in [5, 5.41) is 0. The lowest BCUT2D eigenvalue weighted by Gasteiger charge is -1.84. The Bertz CT molecular complexity index is 106. The molecule has 0 radical (unpaired) electrons. The van der Waals surface area contributed by atoms with Gasteiger partial charge in [0.15, 0.2) is 0 Å². The van der Waals surface area contributed by atoms with E-state index in [1.165, 1.54) is 11.8 Å². The Morgan fingerprint density at radius 2 is 1.57 bits per heavy atom. The molecule has 3 saturated carbocycles. The third-order valence-corrected chi connectivity index (χ3v) is 3.42. The molecule has 0 N–H and O–H groups in total. The molecule has 1 spiro atoms. The van der Waals surface area contributed by atoms with Crippen molar-refractivity contribution in [2.24, 2.45) is 17.3 Å². The summed E-state index contributed by atoms with van der Waals surface area (Å²) in [6.45, 7) is 0. The van der Waals surface area contributed by atoms with Gasteiger partial charge in [0.05, 0.1) is 0 Å². The molecule has 38 valence electrons. The van der Waals surface area contributed by atoms with Crippen LogP contribution in [0.2, 0.25) is 0 Å². The summed E-state index contributed by atoms with van der Waals surface area (Å²) in [6.07, 6.45) is 6.42. The van der Waals surface area contributed by atoms with Gasteiger partial charge in [-0.25, -0.2) is 0 Å². The first kappa shape index (κ1) is 3.11. The standard InChI is InChI=1S/C7H10/c1-2-6-4-7(6)3-5(1)7/h5-6H,1-4H2/t5-,6?,7?/m0/s1. The molecule has 3 atom stereocenters. The van der Waals surface area contributed by atoms with Crippen molar-refractivity contribution >= 4 is 0 Å². The lowest BCUT2D eigenvalue weighted by molar-refractivity contribution is 0.677. The predicted octanol–water partition coefficient (Wildman–Crippen LogP) is 1.81. The summed E-state index contributed by atoms with van der Waals surface area (Å²) < 4.78 is 0. The molecule has 0 heterocycles. The van der Waals surface area contributed by atoms with Crippen LogP contribution in [0, 0.1) is 17.3 Å². The third-order valence-electron chi connectivity index (χ3n) is 3.42. The molecule has 7 heavy (non-hydrogen) atoms. The molecule has 2 unspecified atom stereocenters. The van der Waals surface area contributed by atoms with Crippen LogP contribution in [0.15, 0.2) is 0 Å². The van der Waals surface area contributed by atoms with Crippen LogP contribution in [-0.4, -0.2) is 0 Å². The minimum Gasteiger partial charge on any atom is -0.0496 e. The summed E-state index contributed by atoms with van der Waals surface area (Å²) in [5.74, 6) is 2.47. The highest BCUT2D eigenvalue weighted by molar-refractivity contribution is 5.22. The van der Waals surface area contributed by atoms with E-state index >= 15 is 0 Å². The molecule has 0 aliphatic heterocycles. The molecule has 3 aliphatic rings. The zero-order valence-electron chi connectivity index (χ0n) is 4.48. The summed E-state index contributed by atoms with van der Waals surface area (Å²) >= 11 is 0. The fraction of sp³-hybridized carbons (Fsp3) is 1.00. The van der Waals surface area contributed by atoms with E-state index in [9.17, 15) is 0 Å². The Labute approximate surface area is 43.9 Å². The van der Waals surface area contributed by atoms with Gasteiger partial charge in [-0.15, -0.1) is 0 Å². The second-order valence-electron chi connectivity index (χ2n) is 3.61. The van der Waals surface area contributed by atoms with Crippen LogP contribution < -0.4 is 0 Å². The van der Waals surface area contributed by atoms with E-state index in [1.807, 2.05) is 0 Å². The average molecular weight is 94.2 g/mol. The Morgan fingerprint density at radius 3 is 1.71 bits per heavy atom. The highest BCUT2D eigenvalue weighted by Crippen LogP contribution is 2.81. The van der Waals surface area contributed by atoms with Crippen LogP contribution in [0.1, 0.15) is 25.7 Å². The lowest BCUT2D eigenvalue weighted by atomic mass is 10.2. The van der Waals surface area contributed by atoms with Crippen LogP contribution in [0.3, 0.4) is 0 Å². The molecule has 3 aliphatic carbocycles. The van der Waals surface area contributed by atoms with E-state index in [0.29, 0.717) is 0 Å². The Hall–Kier alpha value is 0. The van der Waals surface area contributed by atoms with Gasteiger partial charge in [0, 0.05) is 0 Å². The highest BCUT2D eigenvalue weighted by Gasteiger charge is 2.73. The maximum Gasteiger partial charge on any atom is -0.0235 e. The van der Waals surface area contributed by atoms with Crippen LogP contribution in [-0.2, 0) is 0 Å². The second kappa shape index (κ2) is 0.586. The molecular weight excluding hydrogens is 84.1 g/mol. The Balaban J connectivity index is 2.12. The minimum atomic E-state index is 1.03. The van der Waals surface area contributed by atoms with Gasteiger partial charge in [0.2, 0.25) is 0 Å². The van der Waals surface area contributed by atoms with Crippen molar-refractivity contribution in [3.05, 3.63) is 0 Å². The van der Waals surface area contributed by atoms with Crippen molar-refractivity contribution in [3.8, 4) is 0 Å². The zero-order chi connectivity index (χ0) is 4.48. The first-order valence-electron chi connectivity index (χ1n) is 3.42. The van der Waals surface area contributed by atoms with Gasteiger partial charge >= 0.3 is 0 Å². The van der Waals surface area contributed by atoms with Crippen molar-refractivity contribution < 1.29 is 0 Å². The van der Waals surface area contributed by atoms with Gasteiger partial charge in [-0.3, -0.25) is 0 Å². The highest BCUT2D eigenvalue weighted by atomic mass is 14.8. The van der Waals surface area contributed by atoms with Gasteiger partial charge in [-0.2, -0.15) is 0 Å². The van der Waals surface area contributed by atoms with Gasteiger partial charge in [-0.05, 0) is 42.9 Å². The van der Waals surface area contributed by atoms with Crippen LogP contribution in [0.5, 0.6) is 0 Å². The van der Waals surface area contributed by atoms with E-state index < -0.39 is 0 Å². The molecule has 0 aromatic rings. The van der Waals surface area contributed by atoms with E-state index in [2.05, 4.69) is 0 Å². The Kier molecular flexibility index (Phi) is 0.260. The smallest absolute Gasteiger partial charge is 0.0235 e. The number of hydrogen-bond acceptors (Lipinski definition) is 0. The summed E-state index contributed by atoms with van der Waals surface area (Å²) in [7, 11) is 0. The number of hydrogen-bond donors (Lipinski definition) is 0. The molecule has 0 aromatic carbocycles. The third kappa shape index (κ3) is 0.181. The van der Waals surface area contributed by atoms with E-state index in [0.717, 1.165) is 5.41 Å². The fourth-order valence-corrected chi connectivity index (χ4v) is 2.73. The first-order valence-corrected chi connectivity index (χ1v) is 3.42. The molecule has 0 saturated heterocycles. The van der Waals surface area contributed by atoms with Gasteiger partial charge in [0.25, 0.3) is 0 Å². The van der Waals surface area contributed by atoms with Crippen LogP contribution >= 0.6 is 0 Å². The molecule has 3 rings (SSSR count). The topological polar surface area (TPSA) is 0 Å². The molecule has 0 heteroatoms. The SMILES string of the molecule is C1C[C@H]2CC23CC13. The maximum atomic E-state index is 1.62. The van der Waals surface area contributed by atoms with Crippen molar-refractivity contribution in [2.75, 3.05) is 0 Å². The van der Waals surface area contributed by atoms with Crippen molar-refractivity contribution in [1.82, 2.24) is 0 Å². The van der Waals surface area contributed by atoms with Crippen LogP contribution in [0.25, 0.3) is 0 Å². The zero-order valence-corrected chi connectivity index (χ0v) is 4.48. The normalized spacial score (nSPS) is 72.0.